The second-order valence-electron chi connectivity index (χ2n) is 11.3. The molecule has 0 aromatic heterocycles. The first-order valence-corrected chi connectivity index (χ1v) is 15.4. The fourth-order valence-corrected chi connectivity index (χ4v) is 5.92. The summed E-state index contributed by atoms with van der Waals surface area (Å²) in [5, 5.41) is 7.13. The molecule has 6 heteroatoms. The van der Waals surface area contributed by atoms with E-state index in [-0.39, 0.29) is 0 Å². The van der Waals surface area contributed by atoms with Gasteiger partial charge in [-0.15, -0.1) is 0 Å². The van der Waals surface area contributed by atoms with Gasteiger partial charge in [-0.25, -0.2) is 0 Å². The van der Waals surface area contributed by atoms with Crippen LogP contribution in [0.1, 0.15) is 68.1 Å². The summed E-state index contributed by atoms with van der Waals surface area (Å²) in [5.41, 5.74) is 3.95. The van der Waals surface area contributed by atoms with Gasteiger partial charge in [0.25, 0.3) is 0 Å². The molecule has 0 amide bonds. The van der Waals surface area contributed by atoms with Crippen LogP contribution in [0.5, 0.6) is 11.5 Å². The molecule has 2 saturated heterocycles. The number of allylic oxidation sites excluding steroid dienone is 1. The smallest absolute Gasteiger partial charge is 0.119 e. The molecule has 212 valence electrons. The molecule has 0 aliphatic carbocycles. The van der Waals surface area contributed by atoms with Crippen LogP contribution in [-0.4, -0.2) is 68.4 Å². The molecule has 3 aliphatic heterocycles. The van der Waals surface area contributed by atoms with Crippen molar-refractivity contribution in [1.29, 1.82) is 0 Å². The van der Waals surface area contributed by atoms with Crippen molar-refractivity contribution >= 4 is 0 Å². The number of rotatable bonds is 14. The van der Waals surface area contributed by atoms with Crippen molar-refractivity contribution in [3.63, 3.8) is 0 Å². The van der Waals surface area contributed by atoms with E-state index in [1.807, 2.05) is 0 Å². The van der Waals surface area contributed by atoms with E-state index in [9.17, 15) is 0 Å². The van der Waals surface area contributed by atoms with Crippen molar-refractivity contribution in [3.05, 3.63) is 71.4 Å². The summed E-state index contributed by atoms with van der Waals surface area (Å²) in [7, 11) is 0. The third-order valence-corrected chi connectivity index (χ3v) is 8.28. The summed E-state index contributed by atoms with van der Waals surface area (Å²) >= 11 is 0. The Morgan fingerprint density at radius 1 is 0.769 bits per heavy atom. The van der Waals surface area contributed by atoms with Crippen LogP contribution in [0, 0.1) is 0 Å². The lowest BCUT2D eigenvalue weighted by molar-refractivity contribution is 0.183. The lowest BCUT2D eigenvalue weighted by Gasteiger charge is -2.26. The van der Waals surface area contributed by atoms with E-state index in [0.717, 1.165) is 70.0 Å². The van der Waals surface area contributed by atoms with Crippen LogP contribution in [0.15, 0.2) is 54.7 Å². The van der Waals surface area contributed by atoms with E-state index in [4.69, 9.17) is 9.47 Å². The van der Waals surface area contributed by atoms with Crippen molar-refractivity contribution in [2.45, 2.75) is 70.5 Å². The summed E-state index contributed by atoms with van der Waals surface area (Å²) in [6.45, 7) is 9.47. The van der Waals surface area contributed by atoms with Crippen LogP contribution in [0.4, 0.5) is 0 Å². The Labute approximate surface area is 235 Å². The van der Waals surface area contributed by atoms with Gasteiger partial charge in [0, 0.05) is 19.6 Å². The number of likely N-dealkylation sites (tertiary alicyclic amines) is 2. The van der Waals surface area contributed by atoms with Crippen LogP contribution in [0.2, 0.25) is 0 Å². The highest BCUT2D eigenvalue weighted by Gasteiger charge is 2.13. The molecule has 1 atom stereocenters. The molecule has 0 radical (unpaired) electrons. The third-order valence-electron chi connectivity index (χ3n) is 8.28. The molecule has 3 heterocycles. The number of piperidine rings is 1. The predicted octanol–water partition coefficient (Wildman–Crippen LogP) is 5.32. The lowest BCUT2D eigenvalue weighted by atomic mass is 9.99. The number of nitrogens with one attached hydrogen (secondary N) is 2. The SMILES string of the molecule is C1=CNC(NCc2ccc(OCCCN3CCCC3)cc2Cc2ccc(OCCN3CCCCC3)cc2)CC1. The van der Waals surface area contributed by atoms with Gasteiger partial charge in [0.1, 0.15) is 18.1 Å². The molecule has 2 aromatic carbocycles. The maximum atomic E-state index is 6.21. The summed E-state index contributed by atoms with van der Waals surface area (Å²) in [5.74, 6) is 1.94. The normalized spacial score (nSPS) is 20.2. The topological polar surface area (TPSA) is 49.0 Å². The number of hydrogen-bond donors (Lipinski definition) is 2. The van der Waals surface area contributed by atoms with Gasteiger partial charge in [0.15, 0.2) is 0 Å². The monoisotopic (exact) mass is 532 g/mol. The molecule has 2 aromatic rings. The first kappa shape index (κ1) is 28.0. The maximum absolute atomic E-state index is 6.21. The fraction of sp³-hybridized carbons (Fsp3) is 0.576. The second-order valence-corrected chi connectivity index (χ2v) is 11.3. The van der Waals surface area contributed by atoms with Crippen LogP contribution in [0.25, 0.3) is 0 Å². The summed E-state index contributed by atoms with van der Waals surface area (Å²) < 4.78 is 12.3. The fourth-order valence-electron chi connectivity index (χ4n) is 5.92. The predicted molar refractivity (Wildman–Crippen MR) is 159 cm³/mol. The number of hydrogen-bond acceptors (Lipinski definition) is 6. The van der Waals surface area contributed by atoms with Gasteiger partial charge in [0.05, 0.1) is 12.8 Å². The average molecular weight is 533 g/mol. The summed E-state index contributed by atoms with van der Waals surface area (Å²) in [4.78, 5) is 5.08. The molecule has 1 unspecified atom stereocenters. The summed E-state index contributed by atoms with van der Waals surface area (Å²) in [6.07, 6.45) is 15.5. The Balaban J connectivity index is 1.16. The Kier molecular flexibility index (Phi) is 11.0. The van der Waals surface area contributed by atoms with Crippen LogP contribution < -0.4 is 20.1 Å². The van der Waals surface area contributed by atoms with E-state index in [1.54, 1.807) is 0 Å². The number of nitrogens with zero attached hydrogens (tertiary/aromatic N) is 2. The van der Waals surface area contributed by atoms with Gasteiger partial charge in [-0.3, -0.25) is 10.2 Å². The maximum Gasteiger partial charge on any atom is 0.119 e. The van der Waals surface area contributed by atoms with E-state index < -0.39 is 0 Å². The molecule has 0 saturated carbocycles. The van der Waals surface area contributed by atoms with Crippen LogP contribution in [0.3, 0.4) is 0 Å². The molecule has 0 spiro atoms. The van der Waals surface area contributed by atoms with Crippen molar-refractivity contribution in [2.75, 3.05) is 52.5 Å². The first-order chi connectivity index (χ1) is 19.3. The van der Waals surface area contributed by atoms with Crippen molar-refractivity contribution < 1.29 is 9.47 Å². The zero-order chi connectivity index (χ0) is 26.5. The highest BCUT2D eigenvalue weighted by Crippen LogP contribution is 2.23. The standard InChI is InChI=1S/C33H48N4O2/c1-4-17-37(18-5-1)22-24-39-31-13-10-28(11-14-31)25-30-26-32(38-23-8-21-36-19-6-7-20-36)15-12-29(30)27-35-33-9-2-3-16-34-33/h3,10-16,26,33-35H,1-2,4-9,17-25,27H2. The highest BCUT2D eigenvalue weighted by molar-refractivity contribution is 5.40. The molecule has 5 rings (SSSR count). The van der Waals surface area contributed by atoms with E-state index >= 15 is 0 Å². The van der Waals surface area contributed by atoms with Gasteiger partial charge in [-0.05, 0) is 125 Å². The van der Waals surface area contributed by atoms with Gasteiger partial charge < -0.3 is 19.7 Å². The molecule has 2 N–H and O–H groups in total. The second kappa shape index (κ2) is 15.3. The Hall–Kier alpha value is -2.54. The minimum absolute atomic E-state index is 0.325. The summed E-state index contributed by atoms with van der Waals surface area (Å²) in [6, 6.07) is 15.3. The van der Waals surface area contributed by atoms with Gasteiger partial charge in [-0.2, -0.15) is 0 Å². The minimum Gasteiger partial charge on any atom is -0.494 e. The average Bonchev–Trinajstić information content (AvgIpc) is 3.51. The van der Waals surface area contributed by atoms with Gasteiger partial charge >= 0.3 is 0 Å². The molecule has 2 fully saturated rings. The first-order valence-electron chi connectivity index (χ1n) is 15.4. The molecule has 39 heavy (non-hydrogen) atoms. The Morgan fingerprint density at radius 3 is 2.26 bits per heavy atom. The van der Waals surface area contributed by atoms with Crippen molar-refractivity contribution in [1.82, 2.24) is 20.4 Å². The van der Waals surface area contributed by atoms with E-state index in [1.165, 1.54) is 75.0 Å². The lowest BCUT2D eigenvalue weighted by Crippen LogP contribution is -2.40. The van der Waals surface area contributed by atoms with E-state index in [0.29, 0.717) is 6.17 Å². The molecular weight excluding hydrogens is 484 g/mol. The van der Waals surface area contributed by atoms with Gasteiger partial charge in [0.2, 0.25) is 0 Å². The van der Waals surface area contributed by atoms with Gasteiger partial charge in [-0.1, -0.05) is 30.7 Å². The zero-order valence-corrected chi connectivity index (χ0v) is 23.7. The van der Waals surface area contributed by atoms with E-state index in [2.05, 4.69) is 75.2 Å². The Morgan fingerprint density at radius 2 is 1.49 bits per heavy atom. The number of benzene rings is 2. The molecular formula is C33H48N4O2. The highest BCUT2D eigenvalue weighted by atomic mass is 16.5. The third kappa shape index (κ3) is 9.26. The molecule has 0 bridgehead atoms. The molecule has 3 aliphatic rings. The zero-order valence-electron chi connectivity index (χ0n) is 23.7. The van der Waals surface area contributed by atoms with Crippen LogP contribution in [-0.2, 0) is 13.0 Å². The van der Waals surface area contributed by atoms with Crippen molar-refractivity contribution in [2.24, 2.45) is 0 Å². The van der Waals surface area contributed by atoms with Crippen molar-refractivity contribution in [3.8, 4) is 11.5 Å². The quantitative estimate of drug-likeness (QED) is 0.321. The number of ether oxygens (including phenoxy) is 2. The largest absolute Gasteiger partial charge is 0.494 e. The Bertz CT molecular complexity index is 1010. The molecule has 6 nitrogen and oxygen atoms in total. The van der Waals surface area contributed by atoms with Crippen LogP contribution >= 0.6 is 0 Å². The minimum atomic E-state index is 0.325.